The van der Waals surface area contributed by atoms with E-state index in [1.807, 2.05) is 24.3 Å². The van der Waals surface area contributed by atoms with Crippen molar-refractivity contribution in [3.05, 3.63) is 60.2 Å². The van der Waals surface area contributed by atoms with Crippen molar-refractivity contribution in [3.63, 3.8) is 0 Å². The highest BCUT2D eigenvalue weighted by atomic mass is 16.6. The van der Waals surface area contributed by atoms with Crippen LogP contribution in [-0.4, -0.2) is 22.9 Å². The van der Waals surface area contributed by atoms with Crippen LogP contribution in [0.2, 0.25) is 0 Å². The fourth-order valence-electron chi connectivity index (χ4n) is 1.54. The summed E-state index contributed by atoms with van der Waals surface area (Å²) in [6, 6.07) is 16.1. The Morgan fingerprint density at radius 2 is 1.56 bits per heavy atom. The van der Waals surface area contributed by atoms with Gasteiger partial charge in [0.2, 0.25) is 0 Å². The first kappa shape index (κ1) is 12.5. The summed E-state index contributed by atoms with van der Waals surface area (Å²) in [6.45, 7) is 0.842. The van der Waals surface area contributed by atoms with Crippen LogP contribution in [0.3, 0.4) is 0 Å². The second-order valence-corrected chi connectivity index (χ2v) is 4.12. The van der Waals surface area contributed by atoms with Gasteiger partial charge in [0.05, 0.1) is 12.7 Å². The molecule has 1 unspecified atom stereocenters. The average Bonchev–Trinajstić information content (AvgIpc) is 3.18. The highest BCUT2D eigenvalue weighted by Gasteiger charge is 2.23. The molecule has 0 aliphatic carbocycles. The third-order valence-electron chi connectivity index (χ3n) is 2.60. The van der Waals surface area contributed by atoms with Gasteiger partial charge in [-0.05, 0) is 23.8 Å². The summed E-state index contributed by atoms with van der Waals surface area (Å²) in [5.41, 5.74) is 0.981. The monoisotopic (exact) mass is 244 g/mol. The molecule has 0 bridgehead atoms. The van der Waals surface area contributed by atoms with E-state index in [9.17, 15) is 5.11 Å². The Kier molecular flexibility index (Phi) is 4.20. The number of ether oxygens (including phenoxy) is 1. The SMILES string of the molecule is Oc1ccccc1.Oc1ccccc1CC1CO1. The van der Waals surface area contributed by atoms with E-state index in [-0.39, 0.29) is 0 Å². The first-order valence-corrected chi connectivity index (χ1v) is 5.88. The maximum absolute atomic E-state index is 9.33. The molecular weight excluding hydrogens is 228 g/mol. The van der Waals surface area contributed by atoms with Gasteiger partial charge in [-0.3, -0.25) is 0 Å². The van der Waals surface area contributed by atoms with Gasteiger partial charge in [0, 0.05) is 6.42 Å². The quantitative estimate of drug-likeness (QED) is 0.799. The van der Waals surface area contributed by atoms with Gasteiger partial charge in [-0.2, -0.15) is 0 Å². The molecule has 1 aliphatic rings. The predicted molar refractivity (Wildman–Crippen MR) is 69.7 cm³/mol. The van der Waals surface area contributed by atoms with Gasteiger partial charge in [-0.25, -0.2) is 0 Å². The Morgan fingerprint density at radius 3 is 2.06 bits per heavy atom. The Morgan fingerprint density at radius 1 is 0.944 bits per heavy atom. The van der Waals surface area contributed by atoms with Gasteiger partial charge in [0.15, 0.2) is 0 Å². The number of hydrogen-bond donors (Lipinski definition) is 2. The Balaban J connectivity index is 0.000000149. The van der Waals surface area contributed by atoms with Crippen molar-refractivity contribution < 1.29 is 14.9 Å². The number of benzene rings is 2. The minimum Gasteiger partial charge on any atom is -0.508 e. The normalized spacial score (nSPS) is 16.6. The Labute approximate surface area is 106 Å². The first-order chi connectivity index (χ1) is 8.75. The van der Waals surface area contributed by atoms with Crippen LogP contribution in [0, 0.1) is 0 Å². The van der Waals surface area contributed by atoms with Crippen molar-refractivity contribution in [2.24, 2.45) is 0 Å². The molecule has 0 saturated carbocycles. The molecule has 1 heterocycles. The van der Waals surface area contributed by atoms with Crippen molar-refractivity contribution in [2.45, 2.75) is 12.5 Å². The van der Waals surface area contributed by atoms with Gasteiger partial charge in [0.25, 0.3) is 0 Å². The van der Waals surface area contributed by atoms with Crippen LogP contribution in [-0.2, 0) is 11.2 Å². The summed E-state index contributed by atoms with van der Waals surface area (Å²) in [5, 5.41) is 18.0. The Bertz CT molecular complexity index is 478. The van der Waals surface area contributed by atoms with Crippen molar-refractivity contribution in [1.29, 1.82) is 0 Å². The van der Waals surface area contributed by atoms with Crippen LogP contribution < -0.4 is 0 Å². The molecule has 1 atom stereocenters. The lowest BCUT2D eigenvalue weighted by atomic mass is 10.1. The van der Waals surface area contributed by atoms with Crippen LogP contribution >= 0.6 is 0 Å². The van der Waals surface area contributed by atoms with E-state index < -0.39 is 0 Å². The molecule has 94 valence electrons. The molecule has 3 nitrogen and oxygen atoms in total. The lowest BCUT2D eigenvalue weighted by molar-refractivity contribution is 0.402. The number of para-hydroxylation sites is 2. The zero-order chi connectivity index (χ0) is 12.8. The van der Waals surface area contributed by atoms with E-state index in [1.54, 1.807) is 30.3 Å². The maximum Gasteiger partial charge on any atom is 0.118 e. The predicted octanol–water partition coefficient (Wildman–Crippen LogP) is 2.73. The van der Waals surface area contributed by atoms with Crippen molar-refractivity contribution in [1.82, 2.24) is 0 Å². The van der Waals surface area contributed by atoms with Crippen LogP contribution in [0.1, 0.15) is 5.56 Å². The van der Waals surface area contributed by atoms with Crippen molar-refractivity contribution in [2.75, 3.05) is 6.61 Å². The second-order valence-electron chi connectivity index (χ2n) is 4.12. The average molecular weight is 244 g/mol. The van der Waals surface area contributed by atoms with E-state index in [1.165, 1.54) is 0 Å². The zero-order valence-electron chi connectivity index (χ0n) is 9.99. The first-order valence-electron chi connectivity index (χ1n) is 5.88. The van der Waals surface area contributed by atoms with Crippen LogP contribution in [0.4, 0.5) is 0 Å². The number of rotatable bonds is 2. The molecule has 1 aliphatic heterocycles. The number of aromatic hydroxyl groups is 2. The van der Waals surface area contributed by atoms with E-state index in [4.69, 9.17) is 9.84 Å². The molecule has 2 aromatic carbocycles. The molecule has 1 saturated heterocycles. The summed E-state index contributed by atoms with van der Waals surface area (Å²) in [4.78, 5) is 0. The second kappa shape index (κ2) is 6.07. The van der Waals surface area contributed by atoms with Gasteiger partial charge in [-0.1, -0.05) is 36.4 Å². The summed E-state index contributed by atoms with van der Waals surface area (Å²) in [5.74, 6) is 0.700. The lowest BCUT2D eigenvalue weighted by Gasteiger charge is -1.99. The molecular formula is C15H16O3. The smallest absolute Gasteiger partial charge is 0.118 e. The fraction of sp³-hybridized carbons (Fsp3) is 0.200. The van der Waals surface area contributed by atoms with Gasteiger partial charge >= 0.3 is 0 Å². The number of epoxide rings is 1. The van der Waals surface area contributed by atoms with E-state index in [0.717, 1.165) is 18.6 Å². The summed E-state index contributed by atoms with van der Waals surface area (Å²) in [6.07, 6.45) is 1.19. The van der Waals surface area contributed by atoms with Crippen LogP contribution in [0.25, 0.3) is 0 Å². The molecule has 0 radical (unpaired) electrons. The molecule has 18 heavy (non-hydrogen) atoms. The molecule has 0 aromatic heterocycles. The fourth-order valence-corrected chi connectivity index (χ4v) is 1.54. The Hall–Kier alpha value is -2.00. The van der Waals surface area contributed by atoms with E-state index in [2.05, 4.69) is 0 Å². The minimum atomic E-state index is 0.322. The molecule has 0 amide bonds. The van der Waals surface area contributed by atoms with Crippen molar-refractivity contribution >= 4 is 0 Å². The third-order valence-corrected chi connectivity index (χ3v) is 2.60. The number of phenolic OH excluding ortho intramolecular Hbond substituents is 2. The van der Waals surface area contributed by atoms with Gasteiger partial charge in [0.1, 0.15) is 11.5 Å². The highest BCUT2D eigenvalue weighted by molar-refractivity contribution is 5.32. The lowest BCUT2D eigenvalue weighted by Crippen LogP contribution is -1.92. The van der Waals surface area contributed by atoms with Crippen LogP contribution in [0.15, 0.2) is 54.6 Å². The van der Waals surface area contributed by atoms with E-state index in [0.29, 0.717) is 17.6 Å². The number of hydrogen-bond acceptors (Lipinski definition) is 3. The molecule has 1 fully saturated rings. The van der Waals surface area contributed by atoms with Gasteiger partial charge in [-0.15, -0.1) is 0 Å². The third kappa shape index (κ3) is 4.11. The zero-order valence-corrected chi connectivity index (χ0v) is 9.99. The maximum atomic E-state index is 9.33. The molecule has 3 rings (SSSR count). The van der Waals surface area contributed by atoms with Crippen LogP contribution in [0.5, 0.6) is 11.5 Å². The largest absolute Gasteiger partial charge is 0.508 e. The summed E-state index contributed by atoms with van der Waals surface area (Å²) >= 11 is 0. The molecule has 2 N–H and O–H groups in total. The van der Waals surface area contributed by atoms with Gasteiger partial charge < -0.3 is 14.9 Å². The summed E-state index contributed by atoms with van der Waals surface area (Å²) < 4.78 is 5.06. The standard InChI is InChI=1S/C9H10O2.C6H6O/c10-9-4-2-1-3-7(9)5-8-6-11-8;7-6-4-2-1-3-5-6/h1-4,8,10H,5-6H2;1-5,7H. The number of phenols is 2. The van der Waals surface area contributed by atoms with E-state index >= 15 is 0 Å². The topological polar surface area (TPSA) is 53.0 Å². The highest BCUT2D eigenvalue weighted by Crippen LogP contribution is 2.22. The summed E-state index contributed by atoms with van der Waals surface area (Å²) in [7, 11) is 0. The minimum absolute atomic E-state index is 0.322. The molecule has 2 aromatic rings. The van der Waals surface area contributed by atoms with Crippen molar-refractivity contribution in [3.8, 4) is 11.5 Å². The molecule has 0 spiro atoms. The molecule has 3 heteroatoms.